The second kappa shape index (κ2) is 18.0. The van der Waals surface area contributed by atoms with Crippen molar-refractivity contribution in [2.24, 2.45) is 5.92 Å². The standard InChI is InChI=1S/C36H22N3O.C18H24GeN.Ir/c1-3-12-24(13-4-1)26-16-9-17-27(25-14-5-2-6-15-25)33(26)39-32-22-8-7-21-31(32)38-35(39)30-19-10-18-28-29-20-11-23-37-36(29)40-34(28)30;1-14(2)11-16-12-18(15-9-7-6-8-10-15)20-13-17(16)19(3,4)5;/h1-18,20-23H;6-9,12-14H,11H2,1-5H3;/q2*-1;. The second-order valence-corrected chi connectivity index (χ2v) is 27.2. The number of fused-ring (bicyclic) bond motifs is 4. The molecule has 0 spiro atoms. The molecule has 7 heteroatoms. The molecular weight excluding hydrogens is 985 g/mol. The number of nitrogens with zero attached hydrogens (tertiary/aromatic N) is 4. The molecule has 4 heterocycles. The van der Waals surface area contributed by atoms with Crippen LogP contribution >= 0.6 is 0 Å². The van der Waals surface area contributed by atoms with Crippen molar-refractivity contribution >= 4 is 50.8 Å². The van der Waals surface area contributed by atoms with E-state index in [9.17, 15) is 0 Å². The maximum absolute atomic E-state index is 6.36. The predicted octanol–water partition coefficient (Wildman–Crippen LogP) is 13.4. The summed E-state index contributed by atoms with van der Waals surface area (Å²) in [7, 11) is 0. The third kappa shape index (κ3) is 8.54. The Balaban J connectivity index is 0.000000208. The molecule has 303 valence electrons. The van der Waals surface area contributed by atoms with Crippen LogP contribution in [0.3, 0.4) is 0 Å². The van der Waals surface area contributed by atoms with Crippen LogP contribution in [0.15, 0.2) is 175 Å². The summed E-state index contributed by atoms with van der Waals surface area (Å²) in [6.45, 7) is 4.57. The van der Waals surface area contributed by atoms with E-state index in [-0.39, 0.29) is 20.1 Å². The van der Waals surface area contributed by atoms with Crippen molar-refractivity contribution < 1.29 is 24.5 Å². The van der Waals surface area contributed by atoms with Crippen LogP contribution in [0.1, 0.15) is 19.4 Å². The maximum Gasteiger partial charge on any atom is 0.216 e. The van der Waals surface area contributed by atoms with Gasteiger partial charge in [0.1, 0.15) is 0 Å². The smallest absolute Gasteiger partial charge is 0.216 e. The van der Waals surface area contributed by atoms with Crippen LogP contribution in [0.5, 0.6) is 0 Å². The van der Waals surface area contributed by atoms with Crippen molar-refractivity contribution in [3.05, 3.63) is 188 Å². The van der Waals surface area contributed by atoms with E-state index < -0.39 is 13.3 Å². The van der Waals surface area contributed by atoms with Gasteiger partial charge in [-0.1, -0.05) is 102 Å². The first-order valence-electron chi connectivity index (χ1n) is 20.6. The number of aromatic nitrogens is 4. The van der Waals surface area contributed by atoms with Crippen molar-refractivity contribution in [1.29, 1.82) is 0 Å². The van der Waals surface area contributed by atoms with Gasteiger partial charge in [0, 0.05) is 42.8 Å². The van der Waals surface area contributed by atoms with Gasteiger partial charge in [-0.15, -0.1) is 18.2 Å². The Bertz CT molecular complexity index is 3020. The minimum Gasteiger partial charge on any atom is -0.486 e. The quantitative estimate of drug-likeness (QED) is 0.112. The Labute approximate surface area is 374 Å². The molecule has 0 saturated heterocycles. The summed E-state index contributed by atoms with van der Waals surface area (Å²) in [5.41, 5.74) is 13.2. The molecule has 0 fully saturated rings. The van der Waals surface area contributed by atoms with Gasteiger partial charge in [0.15, 0.2) is 0 Å². The van der Waals surface area contributed by atoms with E-state index in [1.165, 1.54) is 5.56 Å². The van der Waals surface area contributed by atoms with Crippen molar-refractivity contribution in [3.8, 4) is 50.6 Å². The van der Waals surface area contributed by atoms with Gasteiger partial charge in [0.05, 0.1) is 28.1 Å². The van der Waals surface area contributed by atoms with Crippen LogP contribution in [0, 0.1) is 18.1 Å². The van der Waals surface area contributed by atoms with Gasteiger partial charge < -0.3 is 8.98 Å². The zero-order valence-corrected chi connectivity index (χ0v) is 39.5. The molecule has 1 radical (unpaired) electrons. The van der Waals surface area contributed by atoms with Gasteiger partial charge in [-0.25, -0.2) is 4.98 Å². The average Bonchev–Trinajstić information content (AvgIpc) is 3.86. The van der Waals surface area contributed by atoms with Gasteiger partial charge in [0.25, 0.3) is 0 Å². The molecule has 0 amide bonds. The molecule has 0 saturated carbocycles. The molecule has 0 aliphatic heterocycles. The number of hydrogen-bond acceptors (Lipinski definition) is 4. The van der Waals surface area contributed by atoms with Crippen LogP contribution in [-0.2, 0) is 26.5 Å². The largest absolute Gasteiger partial charge is 0.486 e. The molecule has 0 aliphatic rings. The number of furan rings is 1. The minimum absolute atomic E-state index is 0. The molecule has 6 aromatic carbocycles. The van der Waals surface area contributed by atoms with Crippen molar-refractivity contribution in [2.45, 2.75) is 37.5 Å². The normalized spacial score (nSPS) is 11.4. The molecule has 0 bridgehead atoms. The summed E-state index contributed by atoms with van der Waals surface area (Å²) in [4.78, 5) is 14.4. The fourth-order valence-corrected chi connectivity index (χ4v) is 11.5. The molecule has 10 rings (SSSR count). The molecule has 4 aromatic heterocycles. The summed E-state index contributed by atoms with van der Waals surface area (Å²) in [5.74, 6) is 8.76. The first kappa shape index (κ1) is 41.8. The number of imidazole rings is 1. The Morgan fingerprint density at radius 3 is 2.03 bits per heavy atom. The number of hydrogen-bond donors (Lipinski definition) is 0. The van der Waals surface area contributed by atoms with Crippen LogP contribution in [0.4, 0.5) is 0 Å². The fourth-order valence-electron chi connectivity index (χ4n) is 8.13. The van der Waals surface area contributed by atoms with E-state index in [2.05, 4.69) is 156 Å². The monoisotopic (exact) mass is 1030 g/mol. The Kier molecular flexibility index (Phi) is 12.3. The summed E-state index contributed by atoms with van der Waals surface area (Å²) in [5, 5.41) is 1.97. The molecule has 0 atom stereocenters. The summed E-state index contributed by atoms with van der Waals surface area (Å²) < 4.78 is 10.2. The van der Waals surface area contributed by atoms with E-state index in [1.807, 2.05) is 60.7 Å². The SMILES string of the molecule is CC(C)Cc1cc(-c2[c-]cccc2)nc[c]1[Ge]([CH3])([CH3])[CH3].[Ir].[c-]1ccc2c(oc3ncccc32)c1-c1nc2ccccc2n1-c1c(-c2ccccc2)cccc1-c1ccccc1. The Morgan fingerprint density at radius 1 is 0.672 bits per heavy atom. The molecular formula is C54H46GeIrN4O-2. The van der Waals surface area contributed by atoms with E-state index in [0.29, 0.717) is 11.6 Å². The third-order valence-corrected chi connectivity index (χ3v) is 15.2. The zero-order chi connectivity index (χ0) is 41.2. The Morgan fingerprint density at radius 2 is 1.36 bits per heavy atom. The number of para-hydroxylation sites is 3. The van der Waals surface area contributed by atoms with E-state index in [0.717, 1.165) is 84.4 Å². The second-order valence-electron chi connectivity index (χ2n) is 16.6. The first-order valence-corrected chi connectivity index (χ1v) is 28.0. The van der Waals surface area contributed by atoms with Crippen molar-refractivity contribution in [1.82, 2.24) is 19.5 Å². The van der Waals surface area contributed by atoms with Crippen LogP contribution in [0.2, 0.25) is 17.3 Å². The minimum atomic E-state index is -1.86. The topological polar surface area (TPSA) is 56.7 Å². The summed E-state index contributed by atoms with van der Waals surface area (Å²) in [6, 6.07) is 60.9. The maximum atomic E-state index is 6.36. The molecule has 0 unspecified atom stereocenters. The molecule has 0 aliphatic carbocycles. The van der Waals surface area contributed by atoms with Gasteiger partial charge in [0.2, 0.25) is 5.71 Å². The van der Waals surface area contributed by atoms with E-state index in [1.54, 1.807) is 10.6 Å². The van der Waals surface area contributed by atoms with Crippen LogP contribution in [0.25, 0.3) is 83.7 Å². The first-order chi connectivity index (χ1) is 29.2. The van der Waals surface area contributed by atoms with Crippen LogP contribution < -0.4 is 4.40 Å². The average molecular weight is 1030 g/mol. The van der Waals surface area contributed by atoms with E-state index >= 15 is 0 Å². The molecule has 10 aromatic rings. The van der Waals surface area contributed by atoms with E-state index in [4.69, 9.17) is 14.4 Å². The number of rotatable bonds is 8. The molecule has 0 N–H and O–H groups in total. The van der Waals surface area contributed by atoms with Gasteiger partial charge in [-0.05, 0) is 35.4 Å². The van der Waals surface area contributed by atoms with Crippen LogP contribution in [-0.4, -0.2) is 32.8 Å². The van der Waals surface area contributed by atoms with Crippen molar-refractivity contribution in [2.75, 3.05) is 0 Å². The van der Waals surface area contributed by atoms with Crippen molar-refractivity contribution in [3.63, 3.8) is 0 Å². The fraction of sp³-hybridized carbons (Fsp3) is 0.130. The number of pyridine rings is 2. The summed E-state index contributed by atoms with van der Waals surface area (Å²) >= 11 is -1.86. The van der Waals surface area contributed by atoms with Gasteiger partial charge >= 0.3 is 126 Å². The Hall–Kier alpha value is -5.92. The van der Waals surface area contributed by atoms with Gasteiger partial charge in [-0.2, -0.15) is 0 Å². The number of benzene rings is 6. The third-order valence-electron chi connectivity index (χ3n) is 10.8. The molecule has 61 heavy (non-hydrogen) atoms. The molecule has 5 nitrogen and oxygen atoms in total. The zero-order valence-electron chi connectivity index (χ0n) is 35.0. The summed E-state index contributed by atoms with van der Waals surface area (Å²) in [6.07, 6.45) is 5.03. The predicted molar refractivity (Wildman–Crippen MR) is 251 cm³/mol. The van der Waals surface area contributed by atoms with Gasteiger partial charge in [-0.3, -0.25) is 4.98 Å².